The number of carbonyl (C=O) groups is 2. The van der Waals surface area contributed by atoms with Crippen LogP contribution in [0.4, 0.5) is 0 Å². The Labute approximate surface area is 161 Å². The first-order valence-corrected chi connectivity index (χ1v) is 8.49. The molecule has 6 nitrogen and oxygen atoms in total. The number of hydrogen-bond acceptors (Lipinski definition) is 4. The molecular weight excluding hydrogens is 374 g/mol. The van der Waals surface area contributed by atoms with E-state index in [0.717, 1.165) is 11.1 Å². The quantitative estimate of drug-likeness (QED) is 0.551. The summed E-state index contributed by atoms with van der Waals surface area (Å²) in [5, 5.41) is 2.93. The number of hydrazine groups is 1. The number of halogens is 1. The van der Waals surface area contributed by atoms with E-state index in [1.807, 2.05) is 32.0 Å². The monoisotopic (exact) mass is 391 g/mol. The van der Waals surface area contributed by atoms with Gasteiger partial charge in [0.2, 0.25) is 0 Å². The largest absolute Gasteiger partial charge is 0.484 e. The molecular formula is C18H18ClN3O3S. The van der Waals surface area contributed by atoms with Crippen molar-refractivity contribution in [3.05, 3.63) is 64.2 Å². The first-order chi connectivity index (χ1) is 12.3. The van der Waals surface area contributed by atoms with E-state index in [1.54, 1.807) is 24.3 Å². The SMILES string of the molecule is Cc1cc(C)cc(OCC(=O)NNC(=S)NC(=O)c2ccc(Cl)cc2)c1. The fourth-order valence-corrected chi connectivity index (χ4v) is 2.41. The summed E-state index contributed by atoms with van der Waals surface area (Å²) in [6.07, 6.45) is 0. The van der Waals surface area contributed by atoms with Crippen molar-refractivity contribution < 1.29 is 14.3 Å². The maximum absolute atomic E-state index is 12.0. The molecule has 0 aliphatic heterocycles. The van der Waals surface area contributed by atoms with Crippen LogP contribution in [-0.2, 0) is 4.79 Å². The molecule has 0 aromatic heterocycles. The second-order valence-corrected chi connectivity index (χ2v) is 6.42. The topological polar surface area (TPSA) is 79.5 Å². The van der Waals surface area contributed by atoms with Gasteiger partial charge in [0.05, 0.1) is 0 Å². The summed E-state index contributed by atoms with van der Waals surface area (Å²) in [7, 11) is 0. The number of hydrogen-bond donors (Lipinski definition) is 3. The van der Waals surface area contributed by atoms with E-state index in [0.29, 0.717) is 16.3 Å². The number of rotatable bonds is 4. The zero-order chi connectivity index (χ0) is 19.1. The van der Waals surface area contributed by atoms with Crippen molar-refractivity contribution in [2.75, 3.05) is 6.61 Å². The molecule has 0 radical (unpaired) electrons. The third kappa shape index (κ3) is 6.34. The van der Waals surface area contributed by atoms with E-state index in [9.17, 15) is 9.59 Å². The predicted octanol–water partition coefficient (Wildman–Crippen LogP) is 2.67. The van der Waals surface area contributed by atoms with E-state index in [1.165, 1.54) is 0 Å². The van der Waals surface area contributed by atoms with Crippen LogP contribution >= 0.6 is 23.8 Å². The third-order valence-electron chi connectivity index (χ3n) is 3.21. The number of thiocarbonyl (C=S) groups is 1. The van der Waals surface area contributed by atoms with Crippen molar-refractivity contribution in [1.29, 1.82) is 0 Å². The number of amides is 2. The minimum absolute atomic E-state index is 0.0373. The maximum atomic E-state index is 12.0. The van der Waals surface area contributed by atoms with Crippen LogP contribution in [0.15, 0.2) is 42.5 Å². The van der Waals surface area contributed by atoms with Crippen molar-refractivity contribution in [3.8, 4) is 5.75 Å². The maximum Gasteiger partial charge on any atom is 0.276 e. The lowest BCUT2D eigenvalue weighted by molar-refractivity contribution is -0.123. The molecule has 2 amide bonds. The Hall–Kier alpha value is -2.64. The molecule has 0 aliphatic carbocycles. The molecule has 26 heavy (non-hydrogen) atoms. The van der Waals surface area contributed by atoms with Crippen LogP contribution in [-0.4, -0.2) is 23.5 Å². The van der Waals surface area contributed by atoms with Gasteiger partial charge in [0.1, 0.15) is 5.75 Å². The molecule has 8 heteroatoms. The Balaban J connectivity index is 1.75. The fourth-order valence-electron chi connectivity index (χ4n) is 2.14. The summed E-state index contributed by atoms with van der Waals surface area (Å²) in [5.41, 5.74) is 7.29. The van der Waals surface area contributed by atoms with E-state index in [4.69, 9.17) is 28.6 Å². The lowest BCUT2D eigenvalue weighted by Gasteiger charge is -2.12. The van der Waals surface area contributed by atoms with Gasteiger partial charge in [-0.25, -0.2) is 0 Å². The van der Waals surface area contributed by atoms with Crippen LogP contribution in [0.25, 0.3) is 0 Å². The van der Waals surface area contributed by atoms with Crippen molar-refractivity contribution >= 4 is 40.7 Å². The number of ether oxygens (including phenoxy) is 1. The molecule has 0 aliphatic rings. The minimum Gasteiger partial charge on any atom is -0.484 e. The highest BCUT2D eigenvalue weighted by Gasteiger charge is 2.09. The molecule has 0 bridgehead atoms. The molecule has 0 saturated heterocycles. The summed E-state index contributed by atoms with van der Waals surface area (Å²) in [6.45, 7) is 3.70. The van der Waals surface area contributed by atoms with Crippen LogP contribution < -0.4 is 20.9 Å². The second kappa shape index (κ2) is 9.17. The second-order valence-electron chi connectivity index (χ2n) is 5.58. The van der Waals surface area contributed by atoms with Gasteiger partial charge in [-0.3, -0.25) is 25.8 Å². The fraction of sp³-hybridized carbons (Fsp3) is 0.167. The van der Waals surface area contributed by atoms with E-state index < -0.39 is 11.8 Å². The summed E-state index contributed by atoms with van der Waals surface area (Å²) in [6, 6.07) is 12.0. The van der Waals surface area contributed by atoms with Gasteiger partial charge in [-0.05, 0) is 73.6 Å². The lowest BCUT2D eigenvalue weighted by Crippen LogP contribution is -2.49. The Morgan fingerprint density at radius 1 is 1.04 bits per heavy atom. The van der Waals surface area contributed by atoms with Gasteiger partial charge >= 0.3 is 0 Å². The average Bonchev–Trinajstić information content (AvgIpc) is 2.58. The summed E-state index contributed by atoms with van der Waals surface area (Å²) in [5.74, 6) is -0.247. The average molecular weight is 392 g/mol. The van der Waals surface area contributed by atoms with Gasteiger partial charge in [-0.2, -0.15) is 0 Å². The van der Waals surface area contributed by atoms with Crippen molar-refractivity contribution in [2.45, 2.75) is 13.8 Å². The highest BCUT2D eigenvalue weighted by molar-refractivity contribution is 7.80. The van der Waals surface area contributed by atoms with Gasteiger partial charge in [-0.1, -0.05) is 17.7 Å². The van der Waals surface area contributed by atoms with Gasteiger partial charge in [0.15, 0.2) is 11.7 Å². The van der Waals surface area contributed by atoms with Crippen molar-refractivity contribution in [1.82, 2.24) is 16.2 Å². The van der Waals surface area contributed by atoms with Crippen LogP contribution in [0.2, 0.25) is 5.02 Å². The van der Waals surface area contributed by atoms with Crippen LogP contribution in [0.1, 0.15) is 21.5 Å². The van der Waals surface area contributed by atoms with E-state index in [2.05, 4.69) is 16.2 Å². The molecule has 0 spiro atoms. The smallest absolute Gasteiger partial charge is 0.276 e. The highest BCUT2D eigenvalue weighted by atomic mass is 35.5. The molecule has 0 atom stereocenters. The zero-order valence-corrected chi connectivity index (χ0v) is 15.8. The summed E-state index contributed by atoms with van der Waals surface area (Å²) < 4.78 is 5.43. The van der Waals surface area contributed by atoms with Gasteiger partial charge < -0.3 is 4.74 Å². The Morgan fingerprint density at radius 2 is 1.65 bits per heavy atom. The molecule has 0 saturated carbocycles. The van der Waals surface area contributed by atoms with Gasteiger partial charge in [0.25, 0.3) is 11.8 Å². The van der Waals surface area contributed by atoms with Gasteiger partial charge in [0, 0.05) is 10.6 Å². The number of nitrogens with one attached hydrogen (secondary N) is 3. The predicted molar refractivity (Wildman–Crippen MR) is 104 cm³/mol. The van der Waals surface area contributed by atoms with E-state index >= 15 is 0 Å². The molecule has 2 aromatic carbocycles. The molecule has 0 fully saturated rings. The van der Waals surface area contributed by atoms with Crippen molar-refractivity contribution in [2.24, 2.45) is 0 Å². The first kappa shape index (κ1) is 19.7. The molecule has 2 aromatic rings. The number of aryl methyl sites for hydroxylation is 2. The molecule has 3 N–H and O–H groups in total. The van der Waals surface area contributed by atoms with Crippen LogP contribution in [0.5, 0.6) is 5.75 Å². The Morgan fingerprint density at radius 3 is 2.27 bits per heavy atom. The zero-order valence-electron chi connectivity index (χ0n) is 14.3. The minimum atomic E-state index is -0.438. The number of carbonyl (C=O) groups excluding carboxylic acids is 2. The third-order valence-corrected chi connectivity index (χ3v) is 3.67. The lowest BCUT2D eigenvalue weighted by atomic mass is 10.1. The molecule has 0 unspecified atom stereocenters. The Kier molecular flexibility index (Phi) is 6.94. The highest BCUT2D eigenvalue weighted by Crippen LogP contribution is 2.15. The molecule has 0 heterocycles. The van der Waals surface area contributed by atoms with Crippen molar-refractivity contribution in [3.63, 3.8) is 0 Å². The normalized spacial score (nSPS) is 9.96. The number of benzene rings is 2. The first-order valence-electron chi connectivity index (χ1n) is 7.70. The van der Waals surface area contributed by atoms with Gasteiger partial charge in [-0.15, -0.1) is 0 Å². The summed E-state index contributed by atoms with van der Waals surface area (Å²) in [4.78, 5) is 23.8. The van der Waals surface area contributed by atoms with Crippen LogP contribution in [0.3, 0.4) is 0 Å². The Bertz CT molecular complexity index is 805. The standard InChI is InChI=1S/C18H18ClN3O3S/c1-11-7-12(2)9-15(8-11)25-10-16(23)21-22-18(26)20-17(24)13-3-5-14(19)6-4-13/h3-9H,10H2,1-2H3,(H,21,23)(H2,20,22,24,26). The molecule has 136 valence electrons. The van der Waals surface area contributed by atoms with Crippen LogP contribution in [0, 0.1) is 13.8 Å². The van der Waals surface area contributed by atoms with E-state index in [-0.39, 0.29) is 11.7 Å². The summed E-state index contributed by atoms with van der Waals surface area (Å²) >= 11 is 10.7. The molecule has 2 rings (SSSR count).